The Morgan fingerprint density at radius 2 is 1.71 bits per heavy atom. The highest BCUT2D eigenvalue weighted by atomic mass is 79.9. The largest absolute Gasteiger partial charge is 0.510 e. The number of hydrogen-bond acceptors (Lipinski definition) is 11. The molecule has 254 valence electrons. The van der Waals surface area contributed by atoms with E-state index < -0.39 is 82.5 Å². The van der Waals surface area contributed by atoms with Crippen molar-refractivity contribution >= 4 is 61.2 Å². The Kier molecular flexibility index (Phi) is 6.93. The maximum absolute atomic E-state index is 13.7. The van der Waals surface area contributed by atoms with Crippen molar-refractivity contribution in [3.8, 4) is 11.5 Å². The number of nitrogens with zero attached hydrogens (tertiary/aromatic N) is 1. The topological polar surface area (TPSA) is 228 Å². The van der Waals surface area contributed by atoms with E-state index in [2.05, 4.69) is 36.4 Å². The van der Waals surface area contributed by atoms with Gasteiger partial charge in [0.15, 0.2) is 11.2 Å². The van der Waals surface area contributed by atoms with Crippen LogP contribution in [0.15, 0.2) is 76.1 Å². The molecule has 2 aromatic heterocycles. The molecule has 2 aromatic carbocycles. The number of carbonyl (C=O) groups is 1. The van der Waals surface area contributed by atoms with Gasteiger partial charge in [0.1, 0.15) is 22.7 Å². The van der Waals surface area contributed by atoms with Crippen molar-refractivity contribution in [3.63, 3.8) is 0 Å². The number of rotatable bonds is 5. The molecule has 4 aliphatic carbocycles. The SMILES string of the molecule is COc1cc(=O)c2c(=O)c3c(c(=O)c=2c1=O)=C(O)[C@]1(CCc2cc4cc(C=NNC(=O)Cc5c[nH]c6ccc(Br)cc56)[nH]c(=O)c4c(O)c21)C=3O. The zero-order valence-corrected chi connectivity index (χ0v) is 27.9. The van der Waals surface area contributed by atoms with Gasteiger partial charge in [0, 0.05) is 33.2 Å². The molecule has 1 amide bonds. The van der Waals surface area contributed by atoms with Crippen molar-refractivity contribution < 1.29 is 24.9 Å². The molecule has 1 spiro atoms. The lowest BCUT2D eigenvalue weighted by Crippen LogP contribution is -2.51. The fourth-order valence-corrected chi connectivity index (χ4v) is 7.88. The molecular weight excluding hydrogens is 728 g/mol. The van der Waals surface area contributed by atoms with Crippen LogP contribution in [0.2, 0.25) is 0 Å². The van der Waals surface area contributed by atoms with Crippen molar-refractivity contribution in [3.05, 3.63) is 142 Å². The summed E-state index contributed by atoms with van der Waals surface area (Å²) in [6.45, 7) is 0. The highest BCUT2D eigenvalue weighted by Crippen LogP contribution is 2.54. The Balaban J connectivity index is 1.19. The molecular formula is C36H23BrN4O10. The molecule has 1 atom stereocenters. The van der Waals surface area contributed by atoms with E-state index in [4.69, 9.17) is 4.74 Å². The first kappa shape index (κ1) is 31.9. The maximum atomic E-state index is 13.7. The van der Waals surface area contributed by atoms with E-state index in [1.165, 1.54) is 12.3 Å². The summed E-state index contributed by atoms with van der Waals surface area (Å²) in [4.78, 5) is 84.8. The van der Waals surface area contributed by atoms with Gasteiger partial charge >= 0.3 is 0 Å². The number of methoxy groups -OCH3 is 1. The summed E-state index contributed by atoms with van der Waals surface area (Å²) in [5, 5.41) is 36.9. The summed E-state index contributed by atoms with van der Waals surface area (Å²) in [6.07, 6.45) is 2.98. The number of benzene rings is 2. The minimum atomic E-state index is -2.01. The van der Waals surface area contributed by atoms with Crippen LogP contribution < -0.4 is 47.9 Å². The fourth-order valence-electron chi connectivity index (χ4n) is 7.52. The molecule has 0 saturated heterocycles. The number of nitrogens with one attached hydrogen (secondary N) is 3. The van der Waals surface area contributed by atoms with Crippen LogP contribution in [0.1, 0.15) is 28.8 Å². The number of pyridine rings is 1. The molecule has 8 rings (SSSR count). The summed E-state index contributed by atoms with van der Waals surface area (Å²) < 4.78 is 5.77. The summed E-state index contributed by atoms with van der Waals surface area (Å²) in [5.74, 6) is -3.07. The Labute approximate surface area is 290 Å². The zero-order valence-electron chi connectivity index (χ0n) is 26.3. The van der Waals surface area contributed by atoms with Gasteiger partial charge in [0.2, 0.25) is 22.2 Å². The van der Waals surface area contributed by atoms with Crippen LogP contribution in [0.5, 0.6) is 11.5 Å². The highest BCUT2D eigenvalue weighted by molar-refractivity contribution is 9.10. The maximum Gasteiger partial charge on any atom is 0.260 e. The molecule has 0 saturated carbocycles. The molecule has 6 N–H and O–H groups in total. The number of phenolic OH excluding ortho intramolecular Hbond substituents is 1. The van der Waals surface area contributed by atoms with E-state index in [1.54, 1.807) is 12.3 Å². The molecule has 0 aliphatic heterocycles. The lowest BCUT2D eigenvalue weighted by molar-refractivity contribution is -0.120. The Morgan fingerprint density at radius 3 is 2.43 bits per heavy atom. The number of aliphatic hydroxyl groups excluding tert-OH is 2. The number of H-pyrrole nitrogens is 2. The third kappa shape index (κ3) is 4.37. The monoisotopic (exact) mass is 750 g/mol. The zero-order chi connectivity index (χ0) is 36.1. The van der Waals surface area contributed by atoms with E-state index >= 15 is 0 Å². The smallest absolute Gasteiger partial charge is 0.260 e. The van der Waals surface area contributed by atoms with Gasteiger partial charge in [-0.15, -0.1) is 0 Å². The van der Waals surface area contributed by atoms with Gasteiger partial charge in [-0.2, -0.15) is 5.10 Å². The van der Waals surface area contributed by atoms with Crippen LogP contribution in [0.25, 0.3) is 33.2 Å². The Hall–Kier alpha value is -6.35. The predicted molar refractivity (Wildman–Crippen MR) is 189 cm³/mol. The van der Waals surface area contributed by atoms with Gasteiger partial charge < -0.3 is 30.0 Å². The number of hydrazone groups is 1. The van der Waals surface area contributed by atoms with Crippen LogP contribution in [0.3, 0.4) is 0 Å². The molecule has 0 bridgehead atoms. The van der Waals surface area contributed by atoms with E-state index in [9.17, 15) is 44.1 Å². The highest BCUT2D eigenvalue weighted by Gasteiger charge is 2.53. The number of amides is 1. The van der Waals surface area contributed by atoms with Gasteiger partial charge in [-0.1, -0.05) is 22.0 Å². The minimum absolute atomic E-state index is 0.0311. The van der Waals surface area contributed by atoms with Gasteiger partial charge in [-0.3, -0.25) is 28.8 Å². The van der Waals surface area contributed by atoms with Crippen molar-refractivity contribution in [1.82, 2.24) is 15.4 Å². The number of aromatic nitrogens is 2. The molecule has 4 aromatic rings. The summed E-state index contributed by atoms with van der Waals surface area (Å²) in [6, 6.07) is 9.49. The second-order valence-corrected chi connectivity index (χ2v) is 13.3. The van der Waals surface area contributed by atoms with Crippen molar-refractivity contribution in [2.24, 2.45) is 5.10 Å². The number of halogens is 1. The number of phenols is 1. The molecule has 14 nitrogen and oxygen atoms in total. The third-order valence-electron chi connectivity index (χ3n) is 9.75. The summed E-state index contributed by atoms with van der Waals surface area (Å²) in [5.41, 5.74) is -2.56. The van der Waals surface area contributed by atoms with Gasteiger partial charge in [0.05, 0.1) is 51.7 Å². The van der Waals surface area contributed by atoms with Crippen LogP contribution in [0, 0.1) is 10.4 Å². The number of hydrogen-bond donors (Lipinski definition) is 6. The third-order valence-corrected chi connectivity index (χ3v) is 10.2. The number of aromatic hydroxyl groups is 1. The van der Waals surface area contributed by atoms with Crippen LogP contribution in [0.4, 0.5) is 0 Å². The van der Waals surface area contributed by atoms with E-state index in [0.717, 1.165) is 34.1 Å². The van der Waals surface area contributed by atoms with Gasteiger partial charge in [0.25, 0.3) is 5.56 Å². The summed E-state index contributed by atoms with van der Waals surface area (Å²) >= 11 is 3.42. The van der Waals surface area contributed by atoms with Crippen molar-refractivity contribution in [1.29, 1.82) is 0 Å². The van der Waals surface area contributed by atoms with Crippen LogP contribution in [-0.2, 0) is 23.1 Å². The normalized spacial score (nSPS) is 16.6. The van der Waals surface area contributed by atoms with Crippen molar-refractivity contribution in [2.75, 3.05) is 7.11 Å². The van der Waals surface area contributed by atoms with Gasteiger partial charge in [-0.25, -0.2) is 5.43 Å². The number of aliphatic hydroxyl groups is 2. The lowest BCUT2D eigenvalue weighted by atomic mass is 9.78. The Morgan fingerprint density at radius 1 is 0.980 bits per heavy atom. The quantitative estimate of drug-likeness (QED) is 0.105. The van der Waals surface area contributed by atoms with Crippen LogP contribution in [-0.4, -0.2) is 44.5 Å². The number of fused-ring (bicyclic) bond motifs is 5. The first-order valence-electron chi connectivity index (χ1n) is 15.4. The average molecular weight is 752 g/mol. The second kappa shape index (κ2) is 11.1. The standard InChI is InChI=1S/C36H23BrN4O10/c1-51-21-10-20(42)24-25(29(21)44)31(46)27-26(30(24)45)33(48)36(34(27)49)5-4-13-6-14-7-17(40-35(50)23(14)32(47)28(13)36)12-39-41-22(43)8-15-11-38-19-3-2-16(37)9-18(15)19/h2-3,6-7,9-12,38,47-49H,4-5,8H2,1H3,(H,40,50)(H,41,43)/t36-/m0/s1. The Bertz CT molecular complexity index is 3100. The predicted octanol–water partition coefficient (Wildman–Crippen LogP) is 0.450. The number of ether oxygens (including phenoxy) is 1. The summed E-state index contributed by atoms with van der Waals surface area (Å²) in [7, 11) is 1.11. The first-order valence-corrected chi connectivity index (χ1v) is 16.2. The number of carbonyl (C=O) groups excluding carboxylic acids is 1. The molecule has 0 radical (unpaired) electrons. The average Bonchev–Trinajstić information content (AvgIpc) is 3.74. The molecule has 51 heavy (non-hydrogen) atoms. The molecule has 0 fully saturated rings. The van der Waals surface area contributed by atoms with E-state index in [1.807, 2.05) is 18.2 Å². The molecule has 0 unspecified atom stereocenters. The fraction of sp³-hybridized carbons (Fsp3) is 0.139. The minimum Gasteiger partial charge on any atom is -0.510 e. The van der Waals surface area contributed by atoms with Crippen molar-refractivity contribution in [2.45, 2.75) is 24.7 Å². The van der Waals surface area contributed by atoms with E-state index in [-0.39, 0.29) is 41.3 Å². The number of aryl methyl sites for hydroxylation is 1. The molecule has 15 heteroatoms. The molecule has 2 heterocycles. The number of aromatic amines is 2. The lowest BCUT2D eigenvalue weighted by Gasteiger charge is -2.27. The molecule has 4 aliphatic rings. The van der Waals surface area contributed by atoms with E-state index in [0.29, 0.717) is 5.56 Å². The second-order valence-electron chi connectivity index (χ2n) is 12.4. The van der Waals surface area contributed by atoms with Gasteiger partial charge in [-0.05, 0) is 53.6 Å². The van der Waals surface area contributed by atoms with Crippen LogP contribution >= 0.6 is 15.9 Å². The first-order chi connectivity index (χ1) is 24.4.